The van der Waals surface area contributed by atoms with E-state index in [-0.39, 0.29) is 11.7 Å². The van der Waals surface area contributed by atoms with Crippen molar-refractivity contribution in [3.8, 4) is 0 Å². The third-order valence-electron chi connectivity index (χ3n) is 2.47. The maximum atomic E-state index is 11.0. The zero-order chi connectivity index (χ0) is 10.0. The van der Waals surface area contributed by atoms with Gasteiger partial charge in [-0.2, -0.15) is 5.10 Å². The van der Waals surface area contributed by atoms with Gasteiger partial charge in [0.2, 0.25) is 0 Å². The minimum atomic E-state index is -0.214. The highest BCUT2D eigenvalue weighted by molar-refractivity contribution is 4.94. The van der Waals surface area contributed by atoms with E-state index in [1.54, 1.807) is 7.05 Å². The smallest absolute Gasteiger partial charge is 0.321 e. The van der Waals surface area contributed by atoms with E-state index in [2.05, 4.69) is 17.1 Å². The molecule has 13 heavy (non-hydrogen) atoms. The number of nitrogens with one attached hydrogen (secondary N) is 1. The van der Waals surface area contributed by atoms with Crippen LogP contribution < -0.4 is 11.4 Å². The molecule has 1 heterocycles. The first-order chi connectivity index (χ1) is 6.07. The van der Waals surface area contributed by atoms with Crippen LogP contribution in [0.3, 0.4) is 0 Å². The van der Waals surface area contributed by atoms with Crippen molar-refractivity contribution in [2.75, 3.05) is 0 Å². The lowest BCUT2D eigenvalue weighted by Crippen LogP contribution is -2.24. The summed E-state index contributed by atoms with van der Waals surface area (Å²) in [5.41, 5.74) is 5.71. The van der Waals surface area contributed by atoms with E-state index in [1.807, 2.05) is 6.92 Å². The fourth-order valence-electron chi connectivity index (χ4n) is 1.17. The number of hydrogen-bond acceptors (Lipinski definition) is 3. The van der Waals surface area contributed by atoms with Crippen molar-refractivity contribution in [3.05, 3.63) is 16.3 Å². The molecule has 0 bridgehead atoms. The van der Waals surface area contributed by atoms with Gasteiger partial charge >= 0.3 is 5.69 Å². The van der Waals surface area contributed by atoms with Gasteiger partial charge in [0.1, 0.15) is 5.82 Å². The normalized spacial score (nSPS) is 15.7. The van der Waals surface area contributed by atoms with E-state index < -0.39 is 0 Å². The zero-order valence-corrected chi connectivity index (χ0v) is 8.24. The molecule has 0 saturated carbocycles. The Hall–Kier alpha value is -1.10. The van der Waals surface area contributed by atoms with E-state index in [9.17, 15) is 4.79 Å². The molecular formula is C8H16N4O. The quantitative estimate of drug-likeness (QED) is 0.702. The maximum Gasteiger partial charge on any atom is 0.343 e. The first-order valence-corrected chi connectivity index (χ1v) is 4.44. The molecule has 0 unspecified atom stereocenters. The second-order valence-corrected chi connectivity index (χ2v) is 3.36. The van der Waals surface area contributed by atoms with Gasteiger partial charge in [-0.15, -0.1) is 0 Å². The van der Waals surface area contributed by atoms with Gasteiger partial charge in [-0.3, -0.25) is 4.57 Å². The number of aromatic nitrogens is 3. The number of aromatic amines is 1. The van der Waals surface area contributed by atoms with Crippen LogP contribution in [0.25, 0.3) is 0 Å². The number of nitrogens with two attached hydrogens (primary N) is 1. The molecule has 0 aliphatic rings. The van der Waals surface area contributed by atoms with Crippen molar-refractivity contribution in [1.82, 2.24) is 14.8 Å². The van der Waals surface area contributed by atoms with Gasteiger partial charge in [-0.05, 0) is 5.92 Å². The summed E-state index contributed by atoms with van der Waals surface area (Å²) in [6.45, 7) is 4.11. The molecule has 0 radical (unpaired) electrons. The second kappa shape index (κ2) is 3.74. The SMILES string of the molecule is CC[C@H](C)[C@H](N)c1n[nH]c(=O)n1C. The Morgan fingerprint density at radius 3 is 2.69 bits per heavy atom. The van der Waals surface area contributed by atoms with Crippen molar-refractivity contribution in [1.29, 1.82) is 0 Å². The fourth-order valence-corrected chi connectivity index (χ4v) is 1.17. The molecule has 5 heteroatoms. The topological polar surface area (TPSA) is 76.7 Å². The van der Waals surface area contributed by atoms with Crippen molar-refractivity contribution in [3.63, 3.8) is 0 Å². The van der Waals surface area contributed by atoms with Gasteiger partial charge in [0, 0.05) is 7.05 Å². The second-order valence-electron chi connectivity index (χ2n) is 3.36. The Kier molecular flexibility index (Phi) is 2.87. The van der Waals surface area contributed by atoms with Crippen molar-refractivity contribution in [2.45, 2.75) is 26.3 Å². The highest BCUT2D eigenvalue weighted by Gasteiger charge is 2.18. The highest BCUT2D eigenvalue weighted by atomic mass is 16.1. The minimum absolute atomic E-state index is 0.172. The Bertz CT molecular complexity index is 327. The molecule has 0 aliphatic carbocycles. The molecule has 0 aromatic carbocycles. The highest BCUT2D eigenvalue weighted by Crippen LogP contribution is 2.17. The average Bonchev–Trinajstić information content (AvgIpc) is 2.45. The molecule has 0 spiro atoms. The van der Waals surface area contributed by atoms with E-state index in [0.29, 0.717) is 11.7 Å². The third kappa shape index (κ3) is 1.80. The van der Waals surface area contributed by atoms with Gasteiger partial charge in [0.15, 0.2) is 0 Å². The lowest BCUT2D eigenvalue weighted by molar-refractivity contribution is 0.428. The van der Waals surface area contributed by atoms with Crippen molar-refractivity contribution < 1.29 is 0 Å². The number of hydrogen-bond donors (Lipinski definition) is 2. The van der Waals surface area contributed by atoms with Crippen LogP contribution in [-0.4, -0.2) is 14.8 Å². The van der Waals surface area contributed by atoms with Crippen LogP contribution in [-0.2, 0) is 7.05 Å². The molecule has 74 valence electrons. The van der Waals surface area contributed by atoms with Crippen molar-refractivity contribution >= 4 is 0 Å². The molecule has 1 aromatic rings. The number of rotatable bonds is 3. The third-order valence-corrected chi connectivity index (χ3v) is 2.47. The molecule has 0 saturated heterocycles. The van der Waals surface area contributed by atoms with Gasteiger partial charge in [0.05, 0.1) is 6.04 Å². The summed E-state index contributed by atoms with van der Waals surface area (Å²) in [5.74, 6) is 0.952. The van der Waals surface area contributed by atoms with Gasteiger partial charge < -0.3 is 5.73 Å². The molecule has 5 nitrogen and oxygen atoms in total. The Balaban J connectivity index is 2.95. The summed E-state index contributed by atoms with van der Waals surface area (Å²) >= 11 is 0. The summed E-state index contributed by atoms with van der Waals surface area (Å²) in [5, 5.41) is 6.26. The maximum absolute atomic E-state index is 11.0. The Labute approximate surface area is 76.9 Å². The van der Waals surface area contributed by atoms with Crippen LogP contribution in [0.2, 0.25) is 0 Å². The van der Waals surface area contributed by atoms with Gasteiger partial charge in [0.25, 0.3) is 0 Å². The van der Waals surface area contributed by atoms with Crippen LogP contribution in [0.5, 0.6) is 0 Å². The van der Waals surface area contributed by atoms with E-state index in [0.717, 1.165) is 6.42 Å². The Morgan fingerprint density at radius 1 is 1.69 bits per heavy atom. The van der Waals surface area contributed by atoms with Gasteiger partial charge in [-0.25, -0.2) is 9.89 Å². The zero-order valence-electron chi connectivity index (χ0n) is 8.24. The molecule has 1 aromatic heterocycles. The number of nitrogens with zero attached hydrogens (tertiary/aromatic N) is 2. The van der Waals surface area contributed by atoms with E-state index in [1.165, 1.54) is 4.57 Å². The van der Waals surface area contributed by atoms with E-state index in [4.69, 9.17) is 5.73 Å². The minimum Gasteiger partial charge on any atom is -0.321 e. The molecule has 1 rings (SSSR count). The molecule has 3 N–H and O–H groups in total. The summed E-state index contributed by atoms with van der Waals surface area (Å²) < 4.78 is 1.46. The summed E-state index contributed by atoms with van der Waals surface area (Å²) in [7, 11) is 1.67. The van der Waals surface area contributed by atoms with Crippen LogP contribution in [0.4, 0.5) is 0 Å². The van der Waals surface area contributed by atoms with Crippen LogP contribution >= 0.6 is 0 Å². The first-order valence-electron chi connectivity index (χ1n) is 4.44. The predicted octanol–water partition coefficient (Wildman–Crippen LogP) is 0.154. The monoisotopic (exact) mass is 184 g/mol. The van der Waals surface area contributed by atoms with Crippen LogP contribution in [0.15, 0.2) is 4.79 Å². The van der Waals surface area contributed by atoms with Crippen molar-refractivity contribution in [2.24, 2.45) is 18.7 Å². The predicted molar refractivity (Wildman–Crippen MR) is 50.2 cm³/mol. The lowest BCUT2D eigenvalue weighted by atomic mass is 10.00. The summed E-state index contributed by atoms with van der Waals surface area (Å²) in [4.78, 5) is 11.0. The molecule has 2 atom stereocenters. The first kappa shape index (κ1) is 9.98. The van der Waals surface area contributed by atoms with Gasteiger partial charge in [-0.1, -0.05) is 20.3 Å². The van der Waals surface area contributed by atoms with Crippen LogP contribution in [0.1, 0.15) is 32.1 Å². The molecular weight excluding hydrogens is 168 g/mol. The Morgan fingerprint density at radius 2 is 2.31 bits per heavy atom. The summed E-state index contributed by atoms with van der Waals surface area (Å²) in [6.07, 6.45) is 0.974. The van der Waals surface area contributed by atoms with E-state index >= 15 is 0 Å². The molecule has 0 aliphatic heterocycles. The summed E-state index contributed by atoms with van der Waals surface area (Å²) in [6, 6.07) is -0.172. The fraction of sp³-hybridized carbons (Fsp3) is 0.750. The molecule has 0 fully saturated rings. The number of H-pyrrole nitrogens is 1. The lowest BCUT2D eigenvalue weighted by Gasteiger charge is -2.16. The largest absolute Gasteiger partial charge is 0.343 e. The average molecular weight is 184 g/mol. The van der Waals surface area contributed by atoms with Crippen LogP contribution in [0, 0.1) is 5.92 Å². The standard InChI is InChI=1S/C8H16N4O/c1-4-5(2)6(9)7-10-11-8(13)12(7)3/h5-6H,4,9H2,1-3H3,(H,11,13)/t5-,6-/m0/s1. The molecule has 0 amide bonds.